The van der Waals surface area contributed by atoms with Crippen LogP contribution in [0.1, 0.15) is 26.2 Å². The fourth-order valence-corrected chi connectivity index (χ4v) is 1.87. The Morgan fingerprint density at radius 3 is 2.75 bits per heavy atom. The number of hydrogen-bond donors (Lipinski definition) is 1. The number of rotatable bonds is 8. The lowest BCUT2D eigenvalue weighted by molar-refractivity contribution is -0.143. The van der Waals surface area contributed by atoms with Crippen molar-refractivity contribution in [2.24, 2.45) is 5.92 Å². The van der Waals surface area contributed by atoms with E-state index in [1.54, 1.807) is 0 Å². The van der Waals surface area contributed by atoms with Gasteiger partial charge in [-0.05, 0) is 45.3 Å². The van der Waals surface area contributed by atoms with E-state index in [2.05, 4.69) is 17.3 Å². The average molecular weight is 228 g/mol. The molecule has 0 aromatic carbocycles. The van der Waals surface area contributed by atoms with Crippen molar-refractivity contribution in [1.29, 1.82) is 0 Å². The first kappa shape index (κ1) is 13.5. The average Bonchev–Trinajstić information content (AvgIpc) is 3.07. The summed E-state index contributed by atoms with van der Waals surface area (Å²) >= 11 is 0. The SMILES string of the molecule is CCNC(CCN(C)CC1CC1)C(=O)OC. The van der Waals surface area contributed by atoms with Crippen LogP contribution in [0.3, 0.4) is 0 Å². The number of carbonyl (C=O) groups is 1. The van der Waals surface area contributed by atoms with Crippen molar-refractivity contribution in [3.8, 4) is 0 Å². The van der Waals surface area contributed by atoms with Gasteiger partial charge in [0.15, 0.2) is 0 Å². The zero-order valence-corrected chi connectivity index (χ0v) is 10.7. The van der Waals surface area contributed by atoms with Gasteiger partial charge in [-0.1, -0.05) is 6.92 Å². The molecule has 1 N–H and O–H groups in total. The van der Waals surface area contributed by atoms with E-state index >= 15 is 0 Å². The summed E-state index contributed by atoms with van der Waals surface area (Å²) in [7, 11) is 3.57. The van der Waals surface area contributed by atoms with E-state index in [4.69, 9.17) is 4.74 Å². The van der Waals surface area contributed by atoms with Crippen LogP contribution in [0, 0.1) is 5.92 Å². The molecule has 0 aliphatic heterocycles. The third kappa shape index (κ3) is 4.94. The lowest BCUT2D eigenvalue weighted by atomic mass is 10.2. The maximum atomic E-state index is 11.4. The third-order valence-electron chi connectivity index (χ3n) is 3.00. The van der Waals surface area contributed by atoms with Crippen LogP contribution in [-0.4, -0.2) is 50.7 Å². The second kappa shape index (κ2) is 6.86. The lowest BCUT2D eigenvalue weighted by Crippen LogP contribution is -2.40. The quantitative estimate of drug-likeness (QED) is 0.626. The summed E-state index contributed by atoms with van der Waals surface area (Å²) in [6, 6.07) is -0.156. The van der Waals surface area contributed by atoms with E-state index in [-0.39, 0.29) is 12.0 Å². The monoisotopic (exact) mass is 228 g/mol. The molecule has 0 aromatic rings. The number of carbonyl (C=O) groups excluding carboxylic acids is 1. The lowest BCUT2D eigenvalue weighted by Gasteiger charge is -2.20. The van der Waals surface area contributed by atoms with Crippen LogP contribution in [0.25, 0.3) is 0 Å². The Balaban J connectivity index is 2.21. The first-order valence-corrected chi connectivity index (χ1v) is 6.17. The second-order valence-corrected chi connectivity index (χ2v) is 4.63. The Labute approximate surface area is 98.3 Å². The van der Waals surface area contributed by atoms with E-state index in [1.807, 2.05) is 6.92 Å². The highest BCUT2D eigenvalue weighted by atomic mass is 16.5. The number of ether oxygens (including phenoxy) is 1. The molecule has 0 amide bonds. The highest BCUT2D eigenvalue weighted by Crippen LogP contribution is 2.29. The highest BCUT2D eigenvalue weighted by Gasteiger charge is 2.24. The highest BCUT2D eigenvalue weighted by molar-refractivity contribution is 5.75. The predicted octanol–water partition coefficient (Wildman–Crippen LogP) is 0.869. The van der Waals surface area contributed by atoms with Crippen molar-refractivity contribution >= 4 is 5.97 Å². The minimum atomic E-state index is -0.156. The van der Waals surface area contributed by atoms with Gasteiger partial charge in [0.25, 0.3) is 0 Å². The number of methoxy groups -OCH3 is 1. The molecule has 0 radical (unpaired) electrons. The van der Waals surface area contributed by atoms with Crippen molar-refractivity contribution in [1.82, 2.24) is 10.2 Å². The molecule has 0 bridgehead atoms. The normalized spacial score (nSPS) is 17.5. The Bertz CT molecular complexity index is 217. The summed E-state index contributed by atoms with van der Waals surface area (Å²) in [4.78, 5) is 13.8. The van der Waals surface area contributed by atoms with Gasteiger partial charge in [-0.15, -0.1) is 0 Å². The summed E-state index contributed by atoms with van der Waals surface area (Å²) in [6.45, 7) is 4.92. The van der Waals surface area contributed by atoms with Crippen molar-refractivity contribution < 1.29 is 9.53 Å². The predicted molar refractivity (Wildman–Crippen MR) is 64.3 cm³/mol. The van der Waals surface area contributed by atoms with E-state index in [0.29, 0.717) is 0 Å². The molecule has 4 nitrogen and oxygen atoms in total. The van der Waals surface area contributed by atoms with E-state index < -0.39 is 0 Å². The van der Waals surface area contributed by atoms with E-state index in [1.165, 1.54) is 26.5 Å². The number of hydrogen-bond acceptors (Lipinski definition) is 4. The van der Waals surface area contributed by atoms with Gasteiger partial charge >= 0.3 is 5.97 Å². The zero-order valence-electron chi connectivity index (χ0n) is 10.7. The molecule has 16 heavy (non-hydrogen) atoms. The first-order chi connectivity index (χ1) is 7.67. The van der Waals surface area contributed by atoms with Crippen molar-refractivity contribution in [2.45, 2.75) is 32.2 Å². The molecule has 1 fully saturated rings. The van der Waals surface area contributed by atoms with Crippen LogP contribution in [0.4, 0.5) is 0 Å². The van der Waals surface area contributed by atoms with Crippen molar-refractivity contribution in [3.05, 3.63) is 0 Å². The van der Waals surface area contributed by atoms with Crippen molar-refractivity contribution in [3.63, 3.8) is 0 Å². The van der Waals surface area contributed by atoms with Crippen LogP contribution in [0.15, 0.2) is 0 Å². The van der Waals surface area contributed by atoms with Gasteiger partial charge in [0, 0.05) is 6.54 Å². The van der Waals surface area contributed by atoms with Gasteiger partial charge in [0.1, 0.15) is 6.04 Å². The molecule has 1 aliphatic carbocycles. The molecule has 0 heterocycles. The van der Waals surface area contributed by atoms with Gasteiger partial charge in [0.2, 0.25) is 0 Å². The van der Waals surface area contributed by atoms with Gasteiger partial charge in [-0.25, -0.2) is 0 Å². The number of nitrogens with zero attached hydrogens (tertiary/aromatic N) is 1. The smallest absolute Gasteiger partial charge is 0.322 e. The van der Waals surface area contributed by atoms with Gasteiger partial charge in [-0.2, -0.15) is 0 Å². The molecular formula is C12H24N2O2. The molecule has 1 aliphatic rings. The van der Waals surface area contributed by atoms with Crippen LogP contribution in [0.5, 0.6) is 0 Å². The fourth-order valence-electron chi connectivity index (χ4n) is 1.87. The van der Waals surface area contributed by atoms with Crippen molar-refractivity contribution in [2.75, 3.05) is 33.8 Å². The summed E-state index contributed by atoms with van der Waals surface area (Å²) in [5.74, 6) is 0.752. The van der Waals surface area contributed by atoms with Crippen LogP contribution in [0.2, 0.25) is 0 Å². The summed E-state index contributed by atoms with van der Waals surface area (Å²) in [5.41, 5.74) is 0. The number of nitrogens with one attached hydrogen (secondary N) is 1. The molecule has 1 rings (SSSR count). The zero-order chi connectivity index (χ0) is 12.0. The molecule has 1 saturated carbocycles. The standard InChI is InChI=1S/C12H24N2O2/c1-4-13-11(12(15)16-3)7-8-14(2)9-10-5-6-10/h10-11,13H,4-9H2,1-3H3. The summed E-state index contributed by atoms with van der Waals surface area (Å²) in [5, 5.41) is 3.16. The van der Waals surface area contributed by atoms with E-state index in [0.717, 1.165) is 25.4 Å². The maximum absolute atomic E-state index is 11.4. The van der Waals surface area contributed by atoms with Gasteiger partial charge in [0.05, 0.1) is 7.11 Å². The molecule has 0 aromatic heterocycles. The second-order valence-electron chi connectivity index (χ2n) is 4.63. The Morgan fingerprint density at radius 1 is 1.56 bits per heavy atom. The largest absolute Gasteiger partial charge is 0.468 e. The molecule has 0 saturated heterocycles. The Hall–Kier alpha value is -0.610. The molecular weight excluding hydrogens is 204 g/mol. The fraction of sp³-hybridized carbons (Fsp3) is 0.917. The van der Waals surface area contributed by atoms with Crippen LogP contribution in [-0.2, 0) is 9.53 Å². The van der Waals surface area contributed by atoms with Crippen LogP contribution < -0.4 is 5.32 Å². The molecule has 1 atom stereocenters. The van der Waals surface area contributed by atoms with Gasteiger partial charge < -0.3 is 15.0 Å². The topological polar surface area (TPSA) is 41.6 Å². The minimum absolute atomic E-state index is 0.151. The molecule has 0 spiro atoms. The molecule has 1 unspecified atom stereocenters. The summed E-state index contributed by atoms with van der Waals surface area (Å²) < 4.78 is 4.77. The van der Waals surface area contributed by atoms with E-state index in [9.17, 15) is 4.79 Å². The maximum Gasteiger partial charge on any atom is 0.322 e. The minimum Gasteiger partial charge on any atom is -0.468 e. The summed E-state index contributed by atoms with van der Waals surface area (Å²) in [6.07, 6.45) is 3.57. The molecule has 4 heteroatoms. The van der Waals surface area contributed by atoms with Gasteiger partial charge in [-0.3, -0.25) is 4.79 Å². The first-order valence-electron chi connectivity index (χ1n) is 6.17. The van der Waals surface area contributed by atoms with Crippen LogP contribution >= 0.6 is 0 Å². The molecule has 94 valence electrons. The third-order valence-corrected chi connectivity index (χ3v) is 3.00. The Morgan fingerprint density at radius 2 is 2.25 bits per heavy atom. The number of esters is 1. The Kier molecular flexibility index (Phi) is 5.77. The number of likely N-dealkylation sites (N-methyl/N-ethyl adjacent to an activating group) is 1.